The fourth-order valence-corrected chi connectivity index (χ4v) is 2.57. The summed E-state index contributed by atoms with van der Waals surface area (Å²) in [6.45, 7) is 1.91. The van der Waals surface area contributed by atoms with Crippen LogP contribution in [0.4, 0.5) is 0 Å². The number of rotatable bonds is 7. The van der Waals surface area contributed by atoms with Gasteiger partial charge in [0.15, 0.2) is 0 Å². The van der Waals surface area contributed by atoms with Crippen LogP contribution >= 0.6 is 12.4 Å². The van der Waals surface area contributed by atoms with Crippen molar-refractivity contribution in [3.63, 3.8) is 0 Å². The van der Waals surface area contributed by atoms with E-state index in [2.05, 4.69) is 5.32 Å². The highest BCUT2D eigenvalue weighted by Crippen LogP contribution is 2.29. The minimum absolute atomic E-state index is 0. The normalized spacial score (nSPS) is 12.5. The minimum atomic E-state index is -0.328. The fourth-order valence-electron chi connectivity index (χ4n) is 2.57. The van der Waals surface area contributed by atoms with Crippen LogP contribution in [0.5, 0.6) is 11.5 Å². The SMILES string of the molecule is COc1ccc(OC)c(C(C)NC(=O)CC(N)c2ccccc2)c1.Cl. The summed E-state index contributed by atoms with van der Waals surface area (Å²) in [5.41, 5.74) is 7.91. The van der Waals surface area contributed by atoms with Gasteiger partial charge in [-0.25, -0.2) is 0 Å². The highest BCUT2D eigenvalue weighted by molar-refractivity contribution is 5.85. The molecule has 0 aliphatic rings. The van der Waals surface area contributed by atoms with Gasteiger partial charge in [0, 0.05) is 18.0 Å². The molecule has 1 amide bonds. The number of nitrogens with two attached hydrogens (primary N) is 1. The molecule has 5 nitrogen and oxygen atoms in total. The average Bonchev–Trinajstić information content (AvgIpc) is 2.61. The molecule has 0 fully saturated rings. The second-order valence-electron chi connectivity index (χ2n) is 5.62. The van der Waals surface area contributed by atoms with Gasteiger partial charge in [-0.1, -0.05) is 30.3 Å². The summed E-state index contributed by atoms with van der Waals surface area (Å²) >= 11 is 0. The van der Waals surface area contributed by atoms with Crippen LogP contribution in [-0.2, 0) is 4.79 Å². The van der Waals surface area contributed by atoms with Crippen molar-refractivity contribution in [1.29, 1.82) is 0 Å². The van der Waals surface area contributed by atoms with E-state index in [-0.39, 0.29) is 36.8 Å². The molecule has 2 rings (SSSR count). The molecular weight excluding hydrogens is 340 g/mol. The Labute approximate surface area is 154 Å². The Morgan fingerprint density at radius 2 is 1.80 bits per heavy atom. The maximum Gasteiger partial charge on any atom is 0.222 e. The molecular formula is C19H25ClN2O3. The quantitative estimate of drug-likeness (QED) is 0.789. The zero-order valence-electron chi connectivity index (χ0n) is 14.7. The molecule has 0 heterocycles. The van der Waals surface area contributed by atoms with E-state index in [1.807, 2.05) is 55.5 Å². The lowest BCUT2D eigenvalue weighted by Gasteiger charge is -2.19. The Balaban J connectivity index is 0.00000312. The molecule has 136 valence electrons. The fraction of sp³-hybridized carbons (Fsp3) is 0.316. The molecule has 6 heteroatoms. The maximum atomic E-state index is 12.3. The lowest BCUT2D eigenvalue weighted by molar-refractivity contribution is -0.122. The molecule has 0 bridgehead atoms. The molecule has 2 unspecified atom stereocenters. The van der Waals surface area contributed by atoms with E-state index in [1.54, 1.807) is 14.2 Å². The van der Waals surface area contributed by atoms with Gasteiger partial charge in [0.05, 0.1) is 20.3 Å². The van der Waals surface area contributed by atoms with E-state index in [0.717, 1.165) is 11.1 Å². The summed E-state index contributed by atoms with van der Waals surface area (Å²) in [4.78, 5) is 12.3. The Morgan fingerprint density at radius 1 is 1.12 bits per heavy atom. The second kappa shape index (κ2) is 9.91. The second-order valence-corrected chi connectivity index (χ2v) is 5.62. The van der Waals surface area contributed by atoms with Gasteiger partial charge in [0.25, 0.3) is 0 Å². The Kier molecular flexibility index (Phi) is 8.25. The van der Waals surface area contributed by atoms with E-state index in [1.165, 1.54) is 0 Å². The van der Waals surface area contributed by atoms with Crippen LogP contribution in [0.25, 0.3) is 0 Å². The van der Waals surface area contributed by atoms with Gasteiger partial charge >= 0.3 is 0 Å². The zero-order valence-corrected chi connectivity index (χ0v) is 15.5. The van der Waals surface area contributed by atoms with Crippen molar-refractivity contribution in [2.45, 2.75) is 25.4 Å². The number of ether oxygens (including phenoxy) is 2. The van der Waals surface area contributed by atoms with E-state index in [9.17, 15) is 4.79 Å². The van der Waals surface area contributed by atoms with Crippen molar-refractivity contribution in [3.8, 4) is 11.5 Å². The molecule has 2 atom stereocenters. The van der Waals surface area contributed by atoms with Gasteiger partial charge in [-0.05, 0) is 30.7 Å². The highest BCUT2D eigenvalue weighted by atomic mass is 35.5. The van der Waals surface area contributed by atoms with Crippen molar-refractivity contribution in [3.05, 3.63) is 59.7 Å². The lowest BCUT2D eigenvalue weighted by Crippen LogP contribution is -2.30. The first-order valence-electron chi connectivity index (χ1n) is 7.87. The summed E-state index contributed by atoms with van der Waals surface area (Å²) in [6.07, 6.45) is 0.223. The Hall–Kier alpha value is -2.24. The number of amides is 1. The van der Waals surface area contributed by atoms with Crippen LogP contribution in [0, 0.1) is 0 Å². The van der Waals surface area contributed by atoms with Crippen LogP contribution in [0.3, 0.4) is 0 Å². The number of hydrogen-bond acceptors (Lipinski definition) is 4. The van der Waals surface area contributed by atoms with Gasteiger partial charge in [0.2, 0.25) is 5.91 Å². The number of benzene rings is 2. The van der Waals surface area contributed by atoms with Gasteiger partial charge in [-0.15, -0.1) is 12.4 Å². The molecule has 0 aliphatic carbocycles. The predicted molar refractivity (Wildman–Crippen MR) is 101 cm³/mol. The number of nitrogens with one attached hydrogen (secondary N) is 1. The molecule has 25 heavy (non-hydrogen) atoms. The van der Waals surface area contributed by atoms with Crippen LogP contribution < -0.4 is 20.5 Å². The third-order valence-electron chi connectivity index (χ3n) is 3.91. The van der Waals surface area contributed by atoms with Crippen molar-refractivity contribution in [2.75, 3.05) is 14.2 Å². The third kappa shape index (κ3) is 5.66. The molecule has 2 aromatic carbocycles. The van der Waals surface area contributed by atoms with E-state index >= 15 is 0 Å². The smallest absolute Gasteiger partial charge is 0.222 e. The average molecular weight is 365 g/mol. The summed E-state index contributed by atoms with van der Waals surface area (Å²) in [6, 6.07) is 14.6. The molecule has 0 spiro atoms. The van der Waals surface area contributed by atoms with Crippen LogP contribution in [0.15, 0.2) is 48.5 Å². The molecule has 0 aliphatic heterocycles. The van der Waals surface area contributed by atoms with Gasteiger partial charge in [-0.3, -0.25) is 4.79 Å². The standard InChI is InChI=1S/C19H24N2O3.ClH/c1-13(16-11-15(23-2)9-10-18(16)24-3)21-19(22)12-17(20)14-7-5-4-6-8-14;/h4-11,13,17H,12,20H2,1-3H3,(H,21,22);1H. The number of carbonyl (C=O) groups excluding carboxylic acids is 1. The van der Waals surface area contributed by atoms with Gasteiger partial charge in [-0.2, -0.15) is 0 Å². The topological polar surface area (TPSA) is 73.6 Å². The molecule has 3 N–H and O–H groups in total. The monoisotopic (exact) mass is 364 g/mol. The summed E-state index contributed by atoms with van der Waals surface area (Å²) in [5.74, 6) is 1.31. The molecule has 0 radical (unpaired) electrons. The number of carbonyl (C=O) groups is 1. The predicted octanol–water partition coefficient (Wildman–Crippen LogP) is 3.39. The van der Waals surface area contributed by atoms with E-state index in [0.29, 0.717) is 11.5 Å². The maximum absolute atomic E-state index is 12.3. The van der Waals surface area contributed by atoms with Gasteiger partial charge < -0.3 is 20.5 Å². The Bertz CT molecular complexity index is 680. The molecule has 0 aromatic heterocycles. The summed E-state index contributed by atoms with van der Waals surface area (Å²) < 4.78 is 10.6. The third-order valence-corrected chi connectivity index (χ3v) is 3.91. The minimum Gasteiger partial charge on any atom is -0.497 e. The lowest BCUT2D eigenvalue weighted by atomic mass is 10.0. The summed E-state index contributed by atoms with van der Waals surface area (Å²) in [7, 11) is 3.21. The largest absolute Gasteiger partial charge is 0.497 e. The number of methoxy groups -OCH3 is 2. The van der Waals surface area contributed by atoms with Crippen LogP contribution in [0.2, 0.25) is 0 Å². The van der Waals surface area contributed by atoms with E-state index in [4.69, 9.17) is 15.2 Å². The Morgan fingerprint density at radius 3 is 2.40 bits per heavy atom. The molecule has 0 saturated heterocycles. The summed E-state index contributed by atoms with van der Waals surface area (Å²) in [5, 5.41) is 2.97. The van der Waals surface area contributed by atoms with Gasteiger partial charge in [0.1, 0.15) is 11.5 Å². The first-order chi connectivity index (χ1) is 11.5. The molecule has 0 saturated carbocycles. The number of halogens is 1. The highest BCUT2D eigenvalue weighted by Gasteiger charge is 2.17. The molecule has 2 aromatic rings. The first kappa shape index (κ1) is 20.8. The zero-order chi connectivity index (χ0) is 17.5. The number of hydrogen-bond donors (Lipinski definition) is 2. The van der Waals surface area contributed by atoms with Crippen LogP contribution in [-0.4, -0.2) is 20.1 Å². The van der Waals surface area contributed by atoms with Crippen molar-refractivity contribution in [1.82, 2.24) is 5.32 Å². The van der Waals surface area contributed by atoms with Crippen molar-refractivity contribution >= 4 is 18.3 Å². The first-order valence-corrected chi connectivity index (χ1v) is 7.87. The van der Waals surface area contributed by atoms with Crippen molar-refractivity contribution in [2.24, 2.45) is 5.73 Å². The van der Waals surface area contributed by atoms with E-state index < -0.39 is 0 Å². The van der Waals surface area contributed by atoms with Crippen molar-refractivity contribution < 1.29 is 14.3 Å². The van der Waals surface area contributed by atoms with Crippen LogP contribution in [0.1, 0.15) is 36.6 Å².